The largest absolute Gasteiger partial charge is 0.378 e. The highest BCUT2D eigenvalue weighted by atomic mass is 16.5. The number of nitrogens with zero attached hydrogens (tertiary/aromatic N) is 4. The van der Waals surface area contributed by atoms with E-state index >= 15 is 0 Å². The van der Waals surface area contributed by atoms with E-state index in [4.69, 9.17) is 9.72 Å². The first kappa shape index (κ1) is 19.8. The van der Waals surface area contributed by atoms with Crippen LogP contribution in [-0.2, 0) is 16.0 Å². The van der Waals surface area contributed by atoms with Gasteiger partial charge in [-0.25, -0.2) is 9.97 Å². The van der Waals surface area contributed by atoms with Gasteiger partial charge in [-0.1, -0.05) is 12.1 Å². The number of aromatic nitrogens is 3. The van der Waals surface area contributed by atoms with Crippen molar-refractivity contribution in [3.63, 3.8) is 0 Å². The van der Waals surface area contributed by atoms with E-state index in [0.717, 1.165) is 65.8 Å². The SMILES string of the molecule is Cc1c(-c2ccc3c(c2)NC(=O)C3)nc(Nc2ccc(N3CCOCC3)cc2)c2nccn12. The van der Waals surface area contributed by atoms with Crippen LogP contribution in [0.15, 0.2) is 54.9 Å². The Morgan fingerprint density at radius 2 is 1.91 bits per heavy atom. The summed E-state index contributed by atoms with van der Waals surface area (Å²) in [6, 6.07) is 14.4. The number of carbonyl (C=O) groups excluding carboxylic acids is 1. The van der Waals surface area contributed by atoms with Crippen LogP contribution < -0.4 is 15.5 Å². The number of nitrogens with one attached hydrogen (secondary N) is 2. The van der Waals surface area contributed by atoms with Gasteiger partial charge < -0.3 is 20.3 Å². The third-order valence-corrected chi connectivity index (χ3v) is 6.29. The number of aryl methyl sites for hydroxylation is 1. The van der Waals surface area contributed by atoms with Crippen molar-refractivity contribution in [2.24, 2.45) is 0 Å². The third-order valence-electron chi connectivity index (χ3n) is 6.29. The number of amides is 1. The quantitative estimate of drug-likeness (QED) is 0.503. The predicted molar refractivity (Wildman–Crippen MR) is 128 cm³/mol. The second kappa shape index (κ2) is 7.90. The summed E-state index contributed by atoms with van der Waals surface area (Å²) >= 11 is 0. The van der Waals surface area contributed by atoms with Gasteiger partial charge >= 0.3 is 0 Å². The topological polar surface area (TPSA) is 83.8 Å². The van der Waals surface area contributed by atoms with Crippen molar-refractivity contribution in [2.75, 3.05) is 41.8 Å². The monoisotopic (exact) mass is 440 g/mol. The molecular formula is C25H24N6O2. The molecule has 2 aliphatic heterocycles. The summed E-state index contributed by atoms with van der Waals surface area (Å²) in [7, 11) is 0. The smallest absolute Gasteiger partial charge is 0.228 e. The fourth-order valence-corrected chi connectivity index (χ4v) is 4.54. The number of ether oxygens (including phenoxy) is 1. The normalized spacial score (nSPS) is 15.5. The van der Waals surface area contributed by atoms with E-state index in [1.807, 2.05) is 35.7 Å². The highest BCUT2D eigenvalue weighted by Gasteiger charge is 2.20. The second-order valence-corrected chi connectivity index (χ2v) is 8.38. The summed E-state index contributed by atoms with van der Waals surface area (Å²) < 4.78 is 7.49. The summed E-state index contributed by atoms with van der Waals surface area (Å²) in [5, 5.41) is 6.39. The van der Waals surface area contributed by atoms with Gasteiger partial charge in [0.15, 0.2) is 11.5 Å². The number of rotatable bonds is 4. The van der Waals surface area contributed by atoms with Gasteiger partial charge in [0.05, 0.1) is 25.3 Å². The lowest BCUT2D eigenvalue weighted by Crippen LogP contribution is -2.36. The number of hydrogen-bond acceptors (Lipinski definition) is 6. The molecule has 1 fully saturated rings. The van der Waals surface area contributed by atoms with Gasteiger partial charge in [0.2, 0.25) is 5.91 Å². The van der Waals surface area contributed by atoms with Gasteiger partial charge in [-0.2, -0.15) is 0 Å². The molecule has 4 heterocycles. The van der Waals surface area contributed by atoms with Crippen LogP contribution in [0.3, 0.4) is 0 Å². The van der Waals surface area contributed by atoms with E-state index in [1.54, 1.807) is 6.20 Å². The first-order valence-corrected chi connectivity index (χ1v) is 11.1. The van der Waals surface area contributed by atoms with E-state index in [0.29, 0.717) is 12.2 Å². The van der Waals surface area contributed by atoms with Crippen LogP contribution in [0.25, 0.3) is 16.9 Å². The van der Waals surface area contributed by atoms with Gasteiger partial charge in [0.25, 0.3) is 0 Å². The van der Waals surface area contributed by atoms with E-state index in [2.05, 4.69) is 44.8 Å². The summed E-state index contributed by atoms with van der Waals surface area (Å²) in [4.78, 5) is 23.6. The average molecular weight is 441 g/mol. The van der Waals surface area contributed by atoms with E-state index in [-0.39, 0.29) is 5.91 Å². The van der Waals surface area contributed by atoms with Gasteiger partial charge in [-0.3, -0.25) is 9.20 Å². The van der Waals surface area contributed by atoms with Crippen LogP contribution in [-0.4, -0.2) is 46.6 Å². The summed E-state index contributed by atoms with van der Waals surface area (Å²) in [6.07, 6.45) is 4.15. The molecule has 2 aromatic carbocycles. The van der Waals surface area contributed by atoms with Gasteiger partial charge in [0.1, 0.15) is 0 Å². The van der Waals surface area contributed by atoms with Crippen molar-refractivity contribution in [2.45, 2.75) is 13.3 Å². The zero-order valence-electron chi connectivity index (χ0n) is 18.3. The van der Waals surface area contributed by atoms with E-state index in [9.17, 15) is 4.79 Å². The fourth-order valence-electron chi connectivity index (χ4n) is 4.54. The molecule has 0 bridgehead atoms. The molecule has 0 aliphatic carbocycles. The Balaban J connectivity index is 1.35. The molecule has 6 rings (SSSR count). The number of carbonyl (C=O) groups is 1. The molecule has 2 aromatic heterocycles. The minimum Gasteiger partial charge on any atom is -0.378 e. The molecule has 2 N–H and O–H groups in total. The first-order valence-electron chi connectivity index (χ1n) is 11.1. The fraction of sp³-hybridized carbons (Fsp3) is 0.240. The number of anilines is 4. The molecule has 0 spiro atoms. The lowest BCUT2D eigenvalue weighted by atomic mass is 10.1. The molecule has 166 valence electrons. The van der Waals surface area contributed by atoms with Crippen molar-refractivity contribution in [3.8, 4) is 11.3 Å². The van der Waals surface area contributed by atoms with Crippen molar-refractivity contribution >= 4 is 34.4 Å². The molecule has 0 radical (unpaired) electrons. The Kier molecular flexibility index (Phi) is 4.73. The number of morpholine rings is 1. The van der Waals surface area contributed by atoms with Crippen molar-refractivity contribution in [3.05, 3.63) is 66.1 Å². The highest BCUT2D eigenvalue weighted by molar-refractivity contribution is 6.00. The molecule has 0 unspecified atom stereocenters. The maximum absolute atomic E-state index is 11.8. The molecule has 1 amide bonds. The summed E-state index contributed by atoms with van der Waals surface area (Å²) in [5.74, 6) is 0.712. The molecule has 2 aliphatic rings. The second-order valence-electron chi connectivity index (χ2n) is 8.38. The van der Waals surface area contributed by atoms with Crippen molar-refractivity contribution in [1.82, 2.24) is 14.4 Å². The minimum absolute atomic E-state index is 0.0276. The lowest BCUT2D eigenvalue weighted by Gasteiger charge is -2.28. The Morgan fingerprint density at radius 1 is 1.09 bits per heavy atom. The van der Waals surface area contributed by atoms with Crippen LogP contribution >= 0.6 is 0 Å². The van der Waals surface area contributed by atoms with Crippen LogP contribution in [0.1, 0.15) is 11.3 Å². The Hall–Kier alpha value is -3.91. The number of hydrogen-bond donors (Lipinski definition) is 2. The molecule has 8 heteroatoms. The number of fused-ring (bicyclic) bond motifs is 2. The molecule has 0 atom stereocenters. The summed E-state index contributed by atoms with van der Waals surface area (Å²) in [5.41, 5.74) is 7.56. The lowest BCUT2D eigenvalue weighted by molar-refractivity contribution is -0.115. The summed E-state index contributed by atoms with van der Waals surface area (Å²) in [6.45, 7) is 5.38. The van der Waals surface area contributed by atoms with E-state index < -0.39 is 0 Å². The van der Waals surface area contributed by atoms with E-state index in [1.165, 1.54) is 5.69 Å². The highest BCUT2D eigenvalue weighted by Crippen LogP contribution is 2.32. The van der Waals surface area contributed by atoms with Crippen LogP contribution in [0.5, 0.6) is 0 Å². The Labute approximate surface area is 191 Å². The number of benzene rings is 2. The van der Waals surface area contributed by atoms with Crippen LogP contribution in [0.4, 0.5) is 22.9 Å². The predicted octanol–water partition coefficient (Wildman–Crippen LogP) is 3.78. The van der Waals surface area contributed by atoms with Gasteiger partial charge in [-0.05, 0) is 42.8 Å². The Morgan fingerprint density at radius 3 is 2.73 bits per heavy atom. The van der Waals surface area contributed by atoms with Gasteiger partial charge in [-0.15, -0.1) is 0 Å². The van der Waals surface area contributed by atoms with Gasteiger partial charge in [0, 0.05) is 53.8 Å². The minimum atomic E-state index is 0.0276. The Bertz CT molecular complexity index is 1360. The zero-order chi connectivity index (χ0) is 22.4. The first-order chi connectivity index (χ1) is 16.2. The molecule has 1 saturated heterocycles. The third kappa shape index (κ3) is 3.58. The number of imidazole rings is 1. The maximum Gasteiger partial charge on any atom is 0.228 e. The maximum atomic E-state index is 11.8. The molecule has 33 heavy (non-hydrogen) atoms. The van der Waals surface area contributed by atoms with Crippen LogP contribution in [0.2, 0.25) is 0 Å². The molecule has 8 nitrogen and oxygen atoms in total. The molecule has 0 saturated carbocycles. The van der Waals surface area contributed by atoms with Crippen LogP contribution in [0, 0.1) is 6.92 Å². The average Bonchev–Trinajstić information content (AvgIpc) is 3.48. The molecular weight excluding hydrogens is 416 g/mol. The standard InChI is InChI=1S/C25H24N6O2/c1-16-23(18-3-2-17-15-22(32)28-21(17)14-18)29-24(25-26-8-9-31(16)25)27-19-4-6-20(7-5-19)30-10-12-33-13-11-30/h2-9,14H,10-13,15H2,1H3,(H,27,29)(H,28,32). The molecule has 4 aromatic rings. The zero-order valence-corrected chi connectivity index (χ0v) is 18.3. The van der Waals surface area contributed by atoms with Crippen molar-refractivity contribution < 1.29 is 9.53 Å². The van der Waals surface area contributed by atoms with Crippen molar-refractivity contribution in [1.29, 1.82) is 0 Å².